The minimum atomic E-state index is -0.897. The van der Waals surface area contributed by atoms with E-state index in [4.69, 9.17) is 25.8 Å². The number of rotatable bonds is 12. The molecular formula is C24H28BrClN4O6. The average Bonchev–Trinajstić information content (AvgIpc) is 2.83. The summed E-state index contributed by atoms with van der Waals surface area (Å²) < 4.78 is 16.8. The Balaban J connectivity index is 1.89. The first-order chi connectivity index (χ1) is 17.2. The van der Waals surface area contributed by atoms with Crippen molar-refractivity contribution in [3.63, 3.8) is 0 Å². The van der Waals surface area contributed by atoms with Crippen molar-refractivity contribution in [1.82, 2.24) is 10.7 Å². The molecule has 10 nitrogen and oxygen atoms in total. The van der Waals surface area contributed by atoms with Gasteiger partial charge in [0, 0.05) is 13.2 Å². The van der Waals surface area contributed by atoms with Crippen LogP contribution in [0, 0.1) is 0 Å². The molecule has 0 radical (unpaired) electrons. The van der Waals surface area contributed by atoms with Crippen molar-refractivity contribution < 1.29 is 28.6 Å². The molecule has 0 bridgehead atoms. The van der Waals surface area contributed by atoms with E-state index >= 15 is 0 Å². The predicted molar refractivity (Wildman–Crippen MR) is 141 cm³/mol. The van der Waals surface area contributed by atoms with Crippen LogP contribution in [0.5, 0.6) is 11.5 Å². The molecule has 2 aromatic carbocycles. The van der Waals surface area contributed by atoms with Crippen LogP contribution in [0.1, 0.15) is 25.8 Å². The molecule has 0 aliphatic carbocycles. The second-order valence-corrected chi connectivity index (χ2v) is 8.84. The minimum absolute atomic E-state index is 0.108. The lowest BCUT2D eigenvalue weighted by Gasteiger charge is -2.14. The molecule has 0 unspecified atom stereocenters. The highest BCUT2D eigenvalue weighted by Crippen LogP contribution is 2.36. The Kier molecular flexibility index (Phi) is 12.2. The monoisotopic (exact) mass is 582 g/mol. The van der Waals surface area contributed by atoms with Crippen LogP contribution in [0.25, 0.3) is 0 Å². The van der Waals surface area contributed by atoms with E-state index in [0.29, 0.717) is 51.8 Å². The van der Waals surface area contributed by atoms with Crippen molar-refractivity contribution in [2.45, 2.75) is 26.4 Å². The molecule has 0 aromatic heterocycles. The highest BCUT2D eigenvalue weighted by atomic mass is 79.9. The first-order valence-electron chi connectivity index (χ1n) is 11.0. The first-order valence-corrected chi connectivity index (χ1v) is 12.2. The van der Waals surface area contributed by atoms with E-state index in [1.165, 1.54) is 13.3 Å². The van der Waals surface area contributed by atoms with Gasteiger partial charge in [0.25, 0.3) is 5.91 Å². The smallest absolute Gasteiger partial charge is 0.329 e. The fourth-order valence-electron chi connectivity index (χ4n) is 2.73. The first kappa shape index (κ1) is 29.1. The van der Waals surface area contributed by atoms with Crippen molar-refractivity contribution in [2.75, 3.05) is 32.2 Å². The summed E-state index contributed by atoms with van der Waals surface area (Å²) in [6.07, 6.45) is 2.03. The summed E-state index contributed by atoms with van der Waals surface area (Å²) in [7, 11) is 1.44. The van der Waals surface area contributed by atoms with Gasteiger partial charge in [0.05, 0.1) is 34.6 Å². The zero-order valence-corrected chi connectivity index (χ0v) is 22.4. The van der Waals surface area contributed by atoms with Crippen molar-refractivity contribution in [2.24, 2.45) is 5.10 Å². The third kappa shape index (κ3) is 9.84. The van der Waals surface area contributed by atoms with Crippen LogP contribution in [0.15, 0.2) is 46.0 Å². The van der Waals surface area contributed by atoms with Gasteiger partial charge in [-0.2, -0.15) is 5.10 Å². The number of methoxy groups -OCH3 is 1. The lowest BCUT2D eigenvalue weighted by molar-refractivity contribution is -0.139. The number of anilines is 1. The Morgan fingerprint density at radius 2 is 1.92 bits per heavy atom. The second kappa shape index (κ2) is 15.1. The number of ether oxygens (including phenoxy) is 3. The van der Waals surface area contributed by atoms with Gasteiger partial charge in [-0.3, -0.25) is 14.4 Å². The molecular weight excluding hydrogens is 556 g/mol. The number of carbonyl (C=O) groups excluding carboxylic acids is 3. The number of nitrogens with zero attached hydrogens (tertiary/aromatic N) is 1. The van der Waals surface area contributed by atoms with E-state index in [1.54, 1.807) is 36.4 Å². The zero-order chi connectivity index (χ0) is 26.5. The summed E-state index contributed by atoms with van der Waals surface area (Å²) in [4.78, 5) is 36.0. The van der Waals surface area contributed by atoms with Crippen LogP contribution in [0.3, 0.4) is 0 Å². The van der Waals surface area contributed by atoms with E-state index in [0.717, 1.165) is 0 Å². The molecule has 0 atom stereocenters. The average molecular weight is 584 g/mol. The molecule has 3 N–H and O–H groups in total. The molecule has 0 fully saturated rings. The molecule has 0 aliphatic heterocycles. The van der Waals surface area contributed by atoms with Gasteiger partial charge < -0.3 is 24.8 Å². The van der Waals surface area contributed by atoms with Crippen LogP contribution < -0.4 is 25.5 Å². The highest BCUT2D eigenvalue weighted by Gasteiger charge is 2.15. The van der Waals surface area contributed by atoms with Gasteiger partial charge in [0.2, 0.25) is 0 Å². The largest absolute Gasteiger partial charge is 0.493 e. The van der Waals surface area contributed by atoms with Crippen molar-refractivity contribution in [3.8, 4) is 11.5 Å². The molecule has 36 heavy (non-hydrogen) atoms. The van der Waals surface area contributed by atoms with E-state index in [9.17, 15) is 14.4 Å². The number of benzene rings is 2. The highest BCUT2D eigenvalue weighted by molar-refractivity contribution is 9.10. The van der Waals surface area contributed by atoms with Gasteiger partial charge >= 0.3 is 11.8 Å². The van der Waals surface area contributed by atoms with Crippen LogP contribution in [-0.2, 0) is 19.1 Å². The summed E-state index contributed by atoms with van der Waals surface area (Å²) >= 11 is 9.43. The fraction of sp³-hybridized carbons (Fsp3) is 0.333. The van der Waals surface area contributed by atoms with Crippen molar-refractivity contribution in [1.29, 1.82) is 0 Å². The second-order valence-electron chi connectivity index (χ2n) is 7.58. The van der Waals surface area contributed by atoms with Gasteiger partial charge in [-0.1, -0.05) is 23.7 Å². The molecule has 0 heterocycles. The maximum absolute atomic E-state index is 12.3. The van der Waals surface area contributed by atoms with E-state index in [1.807, 2.05) is 13.8 Å². The molecule has 0 saturated carbocycles. The standard InChI is InChI=1S/C24H28BrClN4O6/c1-15(2)35-10-6-9-27-23(32)24(33)30-28-13-16-11-17(25)22(20(12-16)34-3)36-14-21(31)29-19-8-5-4-7-18(19)26/h4-5,7-8,11-13,15H,6,9-10,14H2,1-3H3,(H,27,32)(H,29,31)(H,30,33)/b28-13-. The predicted octanol–water partition coefficient (Wildman–Crippen LogP) is 3.51. The van der Waals surface area contributed by atoms with Crippen LogP contribution >= 0.6 is 27.5 Å². The van der Waals surface area contributed by atoms with Gasteiger partial charge in [-0.05, 0) is 66.0 Å². The summed E-state index contributed by atoms with van der Waals surface area (Å²) in [6, 6.07) is 10.1. The molecule has 0 spiro atoms. The molecule has 12 heteroatoms. The molecule has 0 saturated heterocycles. The van der Waals surface area contributed by atoms with E-state index < -0.39 is 17.7 Å². The number of amides is 3. The van der Waals surface area contributed by atoms with Crippen molar-refractivity contribution in [3.05, 3.63) is 51.5 Å². The SMILES string of the molecule is COc1cc(/C=N\NC(=O)C(=O)NCCCOC(C)C)cc(Br)c1OCC(=O)Nc1ccccc1Cl. The van der Waals surface area contributed by atoms with Crippen LogP contribution in [0.2, 0.25) is 5.02 Å². The molecule has 194 valence electrons. The summed E-state index contributed by atoms with van der Waals surface area (Å²) in [5, 5.41) is 9.37. The lowest BCUT2D eigenvalue weighted by atomic mass is 10.2. The number of para-hydroxylation sites is 1. The maximum Gasteiger partial charge on any atom is 0.329 e. The number of halogens is 2. The third-order valence-electron chi connectivity index (χ3n) is 4.39. The number of hydrogen-bond donors (Lipinski definition) is 3. The normalized spacial score (nSPS) is 10.8. The Morgan fingerprint density at radius 1 is 1.17 bits per heavy atom. The Labute approximate surface area is 222 Å². The number of hydrogen-bond acceptors (Lipinski definition) is 7. The minimum Gasteiger partial charge on any atom is -0.493 e. The lowest BCUT2D eigenvalue weighted by Crippen LogP contribution is -2.38. The van der Waals surface area contributed by atoms with Gasteiger partial charge in [0.15, 0.2) is 18.1 Å². The fourth-order valence-corrected chi connectivity index (χ4v) is 3.49. The summed E-state index contributed by atoms with van der Waals surface area (Å²) in [5.74, 6) is -1.48. The Bertz CT molecular complexity index is 1100. The van der Waals surface area contributed by atoms with E-state index in [2.05, 4.69) is 37.1 Å². The van der Waals surface area contributed by atoms with Crippen molar-refractivity contribution >= 4 is 57.2 Å². The summed E-state index contributed by atoms with van der Waals surface area (Å²) in [5.41, 5.74) is 3.18. The number of carbonyl (C=O) groups is 3. The molecule has 2 aromatic rings. The molecule has 0 aliphatic rings. The van der Waals surface area contributed by atoms with Gasteiger partial charge in [-0.25, -0.2) is 5.43 Å². The third-order valence-corrected chi connectivity index (χ3v) is 5.31. The van der Waals surface area contributed by atoms with Crippen LogP contribution in [0.4, 0.5) is 5.69 Å². The molecule has 2 rings (SSSR count). The van der Waals surface area contributed by atoms with E-state index in [-0.39, 0.29) is 12.7 Å². The zero-order valence-electron chi connectivity index (χ0n) is 20.1. The number of hydrazone groups is 1. The van der Waals surface area contributed by atoms with Crippen LogP contribution in [-0.4, -0.2) is 56.9 Å². The summed E-state index contributed by atoms with van der Waals surface area (Å²) in [6.45, 7) is 4.34. The number of nitrogens with one attached hydrogen (secondary N) is 3. The van der Waals surface area contributed by atoms with Gasteiger partial charge in [0.1, 0.15) is 0 Å². The Hall–Kier alpha value is -3.15. The topological polar surface area (TPSA) is 127 Å². The maximum atomic E-state index is 12.3. The Morgan fingerprint density at radius 3 is 2.61 bits per heavy atom. The van der Waals surface area contributed by atoms with Gasteiger partial charge in [-0.15, -0.1) is 0 Å². The quantitative estimate of drug-likeness (QED) is 0.152. The molecule has 3 amide bonds.